The Labute approximate surface area is 94.5 Å². The minimum atomic E-state index is -0.892. The first-order valence-corrected chi connectivity index (χ1v) is 5.21. The van der Waals surface area contributed by atoms with Crippen LogP contribution in [0.3, 0.4) is 0 Å². The van der Waals surface area contributed by atoms with Crippen LogP contribution in [0.1, 0.15) is 19.8 Å². The van der Waals surface area contributed by atoms with Crippen molar-refractivity contribution in [2.45, 2.75) is 19.8 Å². The van der Waals surface area contributed by atoms with Gasteiger partial charge in [-0.2, -0.15) is 0 Å². The minimum Gasteiger partial charge on any atom is -0.465 e. The summed E-state index contributed by atoms with van der Waals surface area (Å²) in [6.07, 6.45) is 0.417. The fraction of sp³-hybridized carbons (Fsp3) is 0.800. The molecular formula is C10H18N2O4. The minimum absolute atomic E-state index is 0.267. The first-order chi connectivity index (χ1) is 7.53. The smallest absolute Gasteiger partial charge is 0.407 e. The second-order valence-electron chi connectivity index (χ2n) is 4.31. The number of hydrogen-bond donors (Lipinski definition) is 2. The van der Waals surface area contributed by atoms with Crippen LogP contribution in [0.5, 0.6) is 0 Å². The highest BCUT2D eigenvalue weighted by atomic mass is 16.5. The molecule has 1 rings (SSSR count). The summed E-state index contributed by atoms with van der Waals surface area (Å²) in [5.41, 5.74) is 0.316. The summed E-state index contributed by atoms with van der Waals surface area (Å²) in [6.45, 7) is 3.18. The molecule has 0 atom stereocenters. The fourth-order valence-electron chi connectivity index (χ4n) is 1.94. The van der Waals surface area contributed by atoms with Gasteiger partial charge in [-0.05, 0) is 12.8 Å². The predicted molar refractivity (Wildman–Crippen MR) is 58.0 cm³/mol. The molecule has 0 aromatic heterocycles. The average Bonchev–Trinajstić information content (AvgIpc) is 2.26. The number of ether oxygens (including phenoxy) is 1. The maximum absolute atomic E-state index is 10.8. The number of methoxy groups -OCH3 is 1. The number of rotatable bonds is 3. The molecule has 0 bridgehead atoms. The SMILES string of the molecule is COC/C(=N\O)C1(C)CCN(C(=O)O)CC1. The van der Waals surface area contributed by atoms with E-state index in [1.807, 2.05) is 6.92 Å². The highest BCUT2D eigenvalue weighted by molar-refractivity contribution is 5.90. The molecule has 16 heavy (non-hydrogen) atoms. The van der Waals surface area contributed by atoms with Gasteiger partial charge in [-0.25, -0.2) is 4.79 Å². The summed E-state index contributed by atoms with van der Waals surface area (Å²) in [6, 6.07) is 0. The van der Waals surface area contributed by atoms with Crippen molar-refractivity contribution in [3.05, 3.63) is 0 Å². The second kappa shape index (κ2) is 5.16. The molecule has 92 valence electrons. The summed E-state index contributed by atoms with van der Waals surface area (Å²) in [5.74, 6) is 0. The van der Waals surface area contributed by atoms with Gasteiger partial charge < -0.3 is 20.0 Å². The van der Waals surface area contributed by atoms with Gasteiger partial charge >= 0.3 is 6.09 Å². The van der Waals surface area contributed by atoms with Crippen LogP contribution in [-0.4, -0.2) is 53.8 Å². The Balaban J connectivity index is 2.65. The number of likely N-dealkylation sites (tertiary alicyclic amines) is 1. The van der Waals surface area contributed by atoms with Gasteiger partial charge in [0, 0.05) is 25.6 Å². The largest absolute Gasteiger partial charge is 0.465 e. The number of amides is 1. The number of nitrogens with zero attached hydrogens (tertiary/aromatic N) is 2. The quantitative estimate of drug-likeness (QED) is 0.434. The van der Waals surface area contributed by atoms with Gasteiger partial charge in [0.15, 0.2) is 0 Å². The van der Waals surface area contributed by atoms with E-state index in [0.717, 1.165) is 0 Å². The molecular weight excluding hydrogens is 212 g/mol. The zero-order valence-corrected chi connectivity index (χ0v) is 9.64. The molecule has 1 heterocycles. The standard InChI is InChI=1S/C10H18N2O4/c1-10(8(11-15)7-16-2)3-5-12(6-4-10)9(13)14/h15H,3-7H2,1-2H3,(H,13,14)/b11-8+. The molecule has 2 N–H and O–H groups in total. The lowest BCUT2D eigenvalue weighted by Gasteiger charge is -2.38. The Bertz CT molecular complexity index is 283. The van der Waals surface area contributed by atoms with Crippen LogP contribution in [0.4, 0.5) is 4.79 Å². The molecule has 1 amide bonds. The van der Waals surface area contributed by atoms with Gasteiger partial charge in [-0.3, -0.25) is 0 Å². The van der Waals surface area contributed by atoms with Gasteiger partial charge in [0.25, 0.3) is 0 Å². The van der Waals surface area contributed by atoms with Crippen molar-refractivity contribution in [3.8, 4) is 0 Å². The molecule has 1 aliphatic rings. The lowest BCUT2D eigenvalue weighted by Crippen LogP contribution is -2.45. The van der Waals surface area contributed by atoms with Crippen molar-refractivity contribution in [2.75, 3.05) is 26.8 Å². The van der Waals surface area contributed by atoms with Gasteiger partial charge in [0.05, 0.1) is 12.3 Å². The Hall–Kier alpha value is -1.30. The lowest BCUT2D eigenvalue weighted by molar-refractivity contribution is 0.114. The van der Waals surface area contributed by atoms with E-state index in [0.29, 0.717) is 31.6 Å². The van der Waals surface area contributed by atoms with E-state index in [1.54, 1.807) is 7.11 Å². The number of oxime groups is 1. The van der Waals surface area contributed by atoms with Crippen molar-refractivity contribution in [2.24, 2.45) is 10.6 Å². The molecule has 1 saturated heterocycles. The zero-order valence-electron chi connectivity index (χ0n) is 9.64. The monoisotopic (exact) mass is 230 g/mol. The maximum atomic E-state index is 10.8. The maximum Gasteiger partial charge on any atom is 0.407 e. The molecule has 0 saturated carbocycles. The molecule has 0 aromatic rings. The first-order valence-electron chi connectivity index (χ1n) is 5.21. The van der Waals surface area contributed by atoms with Crippen LogP contribution in [-0.2, 0) is 4.74 Å². The average molecular weight is 230 g/mol. The summed E-state index contributed by atoms with van der Waals surface area (Å²) >= 11 is 0. The Kier molecular flexibility index (Phi) is 4.12. The van der Waals surface area contributed by atoms with E-state index in [4.69, 9.17) is 15.1 Å². The molecule has 1 aliphatic heterocycles. The van der Waals surface area contributed by atoms with E-state index in [9.17, 15) is 4.79 Å². The van der Waals surface area contributed by atoms with Crippen LogP contribution in [0, 0.1) is 5.41 Å². The van der Waals surface area contributed by atoms with Crippen molar-refractivity contribution in [1.82, 2.24) is 4.90 Å². The first kappa shape index (κ1) is 12.8. The third kappa shape index (κ3) is 2.63. The summed E-state index contributed by atoms with van der Waals surface area (Å²) in [4.78, 5) is 12.1. The highest BCUT2D eigenvalue weighted by Gasteiger charge is 2.36. The molecule has 0 radical (unpaired) electrons. The van der Waals surface area contributed by atoms with Gasteiger partial charge in [0.2, 0.25) is 0 Å². The third-order valence-corrected chi connectivity index (χ3v) is 3.24. The van der Waals surface area contributed by atoms with Crippen molar-refractivity contribution < 1.29 is 19.8 Å². The third-order valence-electron chi connectivity index (χ3n) is 3.24. The summed E-state index contributed by atoms with van der Waals surface area (Å²) in [7, 11) is 1.54. The van der Waals surface area contributed by atoms with Gasteiger partial charge in [-0.1, -0.05) is 12.1 Å². The van der Waals surface area contributed by atoms with Crippen molar-refractivity contribution in [1.29, 1.82) is 0 Å². The number of carbonyl (C=O) groups is 1. The van der Waals surface area contributed by atoms with Crippen LogP contribution < -0.4 is 0 Å². The molecule has 0 spiro atoms. The van der Waals surface area contributed by atoms with E-state index in [-0.39, 0.29) is 12.0 Å². The Morgan fingerprint density at radius 1 is 1.50 bits per heavy atom. The van der Waals surface area contributed by atoms with Gasteiger partial charge in [-0.15, -0.1) is 0 Å². The molecule has 0 unspecified atom stereocenters. The van der Waals surface area contributed by atoms with Crippen LogP contribution in [0.15, 0.2) is 5.16 Å². The van der Waals surface area contributed by atoms with Crippen LogP contribution >= 0.6 is 0 Å². The predicted octanol–water partition coefficient (Wildman–Crippen LogP) is 1.24. The molecule has 1 fully saturated rings. The Morgan fingerprint density at radius 3 is 2.44 bits per heavy atom. The molecule has 0 aromatic carbocycles. The molecule has 6 nitrogen and oxygen atoms in total. The normalized spacial score (nSPS) is 20.9. The number of carboxylic acid groups (broad SMARTS) is 1. The van der Waals surface area contributed by atoms with Crippen LogP contribution in [0.2, 0.25) is 0 Å². The summed E-state index contributed by atoms with van der Waals surface area (Å²) < 4.78 is 4.97. The number of piperidine rings is 1. The van der Waals surface area contributed by atoms with Crippen molar-refractivity contribution >= 4 is 11.8 Å². The lowest BCUT2D eigenvalue weighted by atomic mass is 9.76. The topological polar surface area (TPSA) is 82.4 Å². The fourth-order valence-corrected chi connectivity index (χ4v) is 1.94. The summed E-state index contributed by atoms with van der Waals surface area (Å²) in [5, 5.41) is 21.0. The van der Waals surface area contributed by atoms with E-state index >= 15 is 0 Å². The van der Waals surface area contributed by atoms with E-state index < -0.39 is 6.09 Å². The Morgan fingerprint density at radius 2 is 2.06 bits per heavy atom. The second-order valence-corrected chi connectivity index (χ2v) is 4.31. The van der Waals surface area contributed by atoms with Crippen LogP contribution in [0.25, 0.3) is 0 Å². The van der Waals surface area contributed by atoms with E-state index in [2.05, 4.69) is 5.16 Å². The highest BCUT2D eigenvalue weighted by Crippen LogP contribution is 2.32. The van der Waals surface area contributed by atoms with E-state index in [1.165, 1.54) is 4.90 Å². The molecule has 6 heteroatoms. The number of hydrogen-bond acceptors (Lipinski definition) is 4. The van der Waals surface area contributed by atoms with Crippen molar-refractivity contribution in [3.63, 3.8) is 0 Å². The zero-order chi connectivity index (χ0) is 12.2. The van der Waals surface area contributed by atoms with Gasteiger partial charge in [0.1, 0.15) is 0 Å². The molecule has 0 aliphatic carbocycles.